The van der Waals surface area contributed by atoms with Crippen molar-refractivity contribution in [2.24, 2.45) is 0 Å². The van der Waals surface area contributed by atoms with Crippen LogP contribution in [0.25, 0.3) is 21.3 Å². The van der Waals surface area contributed by atoms with Gasteiger partial charge in [0.25, 0.3) is 0 Å². The number of rotatable bonds is 0. The smallest absolute Gasteiger partial charge is 0 e. The fraction of sp³-hybridized carbons (Fsp3) is 1.00. The predicted octanol–water partition coefficient (Wildman–Crippen LogP) is -4.50. The molecule has 0 unspecified atom stereocenters. The summed E-state index contributed by atoms with van der Waals surface area (Å²) in [6.07, 6.45) is 0. The van der Waals surface area contributed by atoms with Crippen LogP contribution in [0.2, 0.25) is 0 Å². The number of halogens is 2. The maximum absolute atomic E-state index is 4.29. The Hall–Kier alpha value is 1.04. The Morgan fingerprint density at radius 3 is 0.667 bits per heavy atom. The predicted molar refractivity (Wildman–Crippen MR) is 52.4 cm³/mol. The van der Waals surface area contributed by atoms with E-state index in [1.807, 2.05) is 0 Å². The molecule has 0 N–H and O–H groups in total. The van der Waals surface area contributed by atoms with Gasteiger partial charge < -0.3 is 46.1 Å². The first-order chi connectivity index (χ1) is 6.00. The van der Waals surface area contributed by atoms with Crippen molar-refractivity contribution in [3.8, 4) is 0 Å². The van der Waals surface area contributed by atoms with Gasteiger partial charge in [-0.25, -0.2) is 0 Å². The fourth-order valence-corrected chi connectivity index (χ4v) is 1.01. The van der Waals surface area contributed by atoms with Gasteiger partial charge in [-0.15, -0.1) is 0 Å². The van der Waals surface area contributed by atoms with Crippen LogP contribution in [0, 0.1) is 0 Å². The van der Waals surface area contributed by atoms with Gasteiger partial charge in [0.1, 0.15) is 0 Å². The Labute approximate surface area is 118 Å². The first-order valence-electron chi connectivity index (χ1n) is 4.53. The van der Waals surface area contributed by atoms with E-state index < -0.39 is 0 Å². The molecular formula is C8H16Cl2N4Zn-6. The molecule has 0 spiro atoms. The van der Waals surface area contributed by atoms with E-state index >= 15 is 0 Å². The van der Waals surface area contributed by atoms with Crippen LogP contribution in [-0.4, -0.2) is 52.4 Å². The Morgan fingerprint density at radius 2 is 0.533 bits per heavy atom. The van der Waals surface area contributed by atoms with E-state index in [4.69, 9.17) is 0 Å². The second-order valence-electron chi connectivity index (χ2n) is 2.68. The van der Waals surface area contributed by atoms with Gasteiger partial charge in [0.05, 0.1) is 0 Å². The maximum atomic E-state index is 4.29. The molecule has 1 rings (SSSR count). The van der Waals surface area contributed by atoms with Gasteiger partial charge in [0.2, 0.25) is 0 Å². The Bertz CT molecular complexity index is 67.6. The molecule has 0 aromatic heterocycles. The average molecular weight is 305 g/mol. The average Bonchev–Trinajstić information content (AvgIpc) is 2.05. The Morgan fingerprint density at radius 1 is 0.400 bits per heavy atom. The van der Waals surface area contributed by atoms with E-state index in [1.165, 1.54) is 0 Å². The third-order valence-electron chi connectivity index (χ3n) is 1.66. The quantitative estimate of drug-likeness (QED) is 0.405. The van der Waals surface area contributed by atoms with E-state index in [0.717, 1.165) is 52.4 Å². The largest absolute Gasteiger partial charge is 1.00 e. The fourth-order valence-electron chi connectivity index (χ4n) is 1.01. The minimum absolute atomic E-state index is 0. The van der Waals surface area contributed by atoms with Crippen LogP contribution >= 0.6 is 0 Å². The first-order valence-corrected chi connectivity index (χ1v) is 4.53. The third kappa shape index (κ3) is 15.0. The van der Waals surface area contributed by atoms with E-state index in [2.05, 4.69) is 21.3 Å². The normalized spacial score (nSPS) is 19.2. The van der Waals surface area contributed by atoms with Gasteiger partial charge >= 0.3 is 0 Å². The van der Waals surface area contributed by atoms with Gasteiger partial charge in [-0.05, 0) is 0 Å². The Kier molecular flexibility index (Phi) is 24.8. The van der Waals surface area contributed by atoms with E-state index in [1.54, 1.807) is 0 Å². The van der Waals surface area contributed by atoms with E-state index in [0.29, 0.717) is 0 Å². The van der Waals surface area contributed by atoms with Gasteiger partial charge in [0, 0.05) is 19.5 Å². The van der Waals surface area contributed by atoms with Crippen molar-refractivity contribution >= 4 is 0 Å². The van der Waals surface area contributed by atoms with Crippen LogP contribution in [0.4, 0.5) is 0 Å². The standard InChI is InChI=1S/C8H16N4.2ClH.Zn/c1-2-10-5-6-12-8-7-11-4-3-9-1;;;/h1-8H2;2*1H;/q-4;;;/p-2. The zero-order valence-electron chi connectivity index (χ0n) is 8.91. The van der Waals surface area contributed by atoms with Gasteiger partial charge in [0.15, 0.2) is 0 Å². The van der Waals surface area contributed by atoms with Crippen molar-refractivity contribution < 1.29 is 44.3 Å². The third-order valence-corrected chi connectivity index (χ3v) is 1.66. The summed E-state index contributed by atoms with van der Waals surface area (Å²) < 4.78 is 0. The van der Waals surface area contributed by atoms with Crippen molar-refractivity contribution in [3.05, 3.63) is 21.3 Å². The Balaban J connectivity index is -0.000000480. The molecule has 0 aliphatic carbocycles. The summed E-state index contributed by atoms with van der Waals surface area (Å²) in [5.41, 5.74) is 0. The second kappa shape index (κ2) is 17.4. The summed E-state index contributed by atoms with van der Waals surface area (Å²) in [7, 11) is 0. The molecule has 90 valence electrons. The van der Waals surface area contributed by atoms with Crippen LogP contribution < -0.4 is 24.8 Å². The van der Waals surface area contributed by atoms with Crippen molar-refractivity contribution in [1.29, 1.82) is 0 Å². The molecule has 1 aliphatic heterocycles. The molecule has 7 heteroatoms. The van der Waals surface area contributed by atoms with Gasteiger partial charge in [-0.3, -0.25) is 0 Å². The van der Waals surface area contributed by atoms with Crippen LogP contribution in [0.5, 0.6) is 0 Å². The molecule has 0 aromatic rings. The molecule has 0 bridgehead atoms. The summed E-state index contributed by atoms with van der Waals surface area (Å²) in [4.78, 5) is 0. The molecular weight excluding hydrogens is 288 g/mol. The summed E-state index contributed by atoms with van der Waals surface area (Å²) in [5.74, 6) is 0. The topological polar surface area (TPSA) is 56.4 Å². The molecule has 15 heavy (non-hydrogen) atoms. The maximum Gasteiger partial charge on any atom is 0 e. The first kappa shape index (κ1) is 21.3. The number of hydrogen-bond donors (Lipinski definition) is 0. The molecule has 4 nitrogen and oxygen atoms in total. The zero-order chi connectivity index (χ0) is 8.49. The molecule has 1 saturated heterocycles. The van der Waals surface area contributed by atoms with Crippen LogP contribution in [0.1, 0.15) is 0 Å². The summed E-state index contributed by atoms with van der Waals surface area (Å²) >= 11 is 0. The number of hydrogen-bond acceptors (Lipinski definition) is 0. The van der Waals surface area contributed by atoms with Gasteiger partial charge in [-0.1, -0.05) is 0 Å². The van der Waals surface area contributed by atoms with Crippen molar-refractivity contribution in [1.82, 2.24) is 0 Å². The van der Waals surface area contributed by atoms with Crippen LogP contribution in [0.15, 0.2) is 0 Å². The second-order valence-corrected chi connectivity index (χ2v) is 2.68. The summed E-state index contributed by atoms with van der Waals surface area (Å²) in [5, 5.41) is 17.1. The van der Waals surface area contributed by atoms with Crippen LogP contribution in [0.3, 0.4) is 0 Å². The summed E-state index contributed by atoms with van der Waals surface area (Å²) in [6.45, 7) is 6.85. The molecule has 0 radical (unpaired) electrons. The van der Waals surface area contributed by atoms with Crippen molar-refractivity contribution in [2.45, 2.75) is 0 Å². The van der Waals surface area contributed by atoms with Crippen LogP contribution in [-0.2, 0) is 19.5 Å². The number of nitrogens with zero attached hydrogens (tertiary/aromatic N) is 4. The zero-order valence-corrected chi connectivity index (χ0v) is 13.4. The van der Waals surface area contributed by atoms with Crippen molar-refractivity contribution in [2.75, 3.05) is 52.4 Å². The molecule has 0 saturated carbocycles. The van der Waals surface area contributed by atoms with E-state index in [-0.39, 0.29) is 44.3 Å². The minimum Gasteiger partial charge on any atom is -1.00 e. The van der Waals surface area contributed by atoms with Crippen molar-refractivity contribution in [3.63, 3.8) is 0 Å². The molecule has 0 atom stereocenters. The minimum atomic E-state index is 0. The van der Waals surface area contributed by atoms with Gasteiger partial charge in [-0.2, -0.15) is 52.4 Å². The molecule has 0 aromatic carbocycles. The molecule has 1 heterocycles. The monoisotopic (exact) mass is 302 g/mol. The van der Waals surface area contributed by atoms with E-state index in [9.17, 15) is 0 Å². The molecule has 1 aliphatic rings. The molecule has 1 fully saturated rings. The SMILES string of the molecule is C1C[N-]CC[N-]CC[N-]CC[N-]1.[Cl-].[Cl-].[Zn]. The molecule has 0 amide bonds. The summed E-state index contributed by atoms with van der Waals surface area (Å²) in [6, 6.07) is 0.